The first-order valence-corrected chi connectivity index (χ1v) is 17.1. The highest BCUT2D eigenvalue weighted by Crippen LogP contribution is 2.45. The fourth-order valence-electron chi connectivity index (χ4n) is 4.86. The lowest BCUT2D eigenvalue weighted by Crippen LogP contribution is -2.43. The average Bonchev–Trinajstić information content (AvgIpc) is 3.38. The van der Waals surface area contributed by atoms with Crippen molar-refractivity contribution in [1.82, 2.24) is 14.1 Å². The Hall–Kier alpha value is -2.07. The van der Waals surface area contributed by atoms with E-state index in [0.29, 0.717) is 24.5 Å². The summed E-state index contributed by atoms with van der Waals surface area (Å²) in [4.78, 5) is 19.9. The maximum absolute atomic E-state index is 14.0. The Morgan fingerprint density at radius 3 is 2.58 bits per heavy atom. The summed E-state index contributed by atoms with van der Waals surface area (Å²) in [5.41, 5.74) is 3.27. The number of carbonyl (C=O) groups excluding carboxylic acids is 1. The molecule has 3 heterocycles. The van der Waals surface area contributed by atoms with Crippen molar-refractivity contribution in [3.8, 4) is 16.2 Å². The molecule has 2 fully saturated rings. The van der Waals surface area contributed by atoms with E-state index in [1.807, 2.05) is 37.3 Å². The molecule has 1 aromatic heterocycles. The summed E-state index contributed by atoms with van der Waals surface area (Å²) in [6.07, 6.45) is 1.35. The first kappa shape index (κ1) is 30.9. The largest absolute Gasteiger partial charge is 0.494 e. The Balaban J connectivity index is 1.66. The first-order valence-electron chi connectivity index (χ1n) is 13.3. The molecule has 0 radical (unpaired) electrons. The average molecular weight is 616 g/mol. The highest BCUT2D eigenvalue weighted by atomic mass is 32.2. The van der Waals surface area contributed by atoms with Gasteiger partial charge in [0.1, 0.15) is 10.5 Å². The number of hydrogen-bond donors (Lipinski definition) is 1. The third-order valence-electron chi connectivity index (χ3n) is 7.15. The van der Waals surface area contributed by atoms with Crippen LogP contribution in [0.1, 0.15) is 43.9 Å². The van der Waals surface area contributed by atoms with Gasteiger partial charge in [-0.15, -0.1) is 11.3 Å². The van der Waals surface area contributed by atoms with E-state index in [0.717, 1.165) is 37.6 Å². The predicted octanol–water partition coefficient (Wildman–Crippen LogP) is 2.90. The Bertz CT molecular complexity index is 1370. The van der Waals surface area contributed by atoms with Crippen LogP contribution >= 0.6 is 11.3 Å². The third kappa shape index (κ3) is 6.69. The fourth-order valence-corrected chi connectivity index (χ4v) is 9.69. The molecule has 2 aromatic rings. The number of benzene rings is 1. The van der Waals surface area contributed by atoms with Crippen LogP contribution in [0, 0.1) is 0 Å². The standard InChI is InChI=1S/C26H37N3O8S3/c1-4-35-21-10-8-20(9-11-21)22-12-13-23(38-22)26(19-24(30)27-37-25-7-5-6-17-36-25)14-15-29(16-18-39(26,31)32)40(33,34)28(2)3/h8-13,25H,4-7,14-19H2,1-3H3,(H,27,30). The molecule has 0 bridgehead atoms. The van der Waals surface area contributed by atoms with Crippen LogP contribution in [0.2, 0.25) is 0 Å². The van der Waals surface area contributed by atoms with Gasteiger partial charge in [-0.2, -0.15) is 17.0 Å². The van der Waals surface area contributed by atoms with E-state index >= 15 is 0 Å². The van der Waals surface area contributed by atoms with Crippen molar-refractivity contribution in [2.45, 2.75) is 50.1 Å². The topological polar surface area (TPSA) is 132 Å². The molecule has 222 valence electrons. The molecule has 2 unspecified atom stereocenters. The summed E-state index contributed by atoms with van der Waals surface area (Å²) in [6.45, 7) is 2.71. The van der Waals surface area contributed by atoms with Gasteiger partial charge < -0.3 is 9.47 Å². The van der Waals surface area contributed by atoms with Gasteiger partial charge in [-0.05, 0) is 68.1 Å². The number of sulfone groups is 1. The highest BCUT2D eigenvalue weighted by Gasteiger charge is 2.50. The highest BCUT2D eigenvalue weighted by molar-refractivity contribution is 7.92. The van der Waals surface area contributed by atoms with E-state index in [4.69, 9.17) is 14.3 Å². The third-order valence-corrected chi connectivity index (χ3v) is 13.0. The molecule has 2 aliphatic heterocycles. The molecule has 1 amide bonds. The molecule has 0 aliphatic carbocycles. The van der Waals surface area contributed by atoms with Gasteiger partial charge in [0.05, 0.1) is 18.8 Å². The molecule has 2 atom stereocenters. The number of rotatable bonds is 10. The van der Waals surface area contributed by atoms with Gasteiger partial charge in [-0.3, -0.25) is 4.79 Å². The molecule has 0 spiro atoms. The second-order valence-electron chi connectivity index (χ2n) is 9.99. The normalized spacial score (nSPS) is 23.9. The van der Waals surface area contributed by atoms with Crippen LogP contribution < -0.4 is 10.2 Å². The lowest BCUT2D eigenvalue weighted by Gasteiger charge is -2.31. The van der Waals surface area contributed by atoms with Crippen molar-refractivity contribution >= 4 is 37.3 Å². The summed E-state index contributed by atoms with van der Waals surface area (Å²) in [5.74, 6) is -0.305. The lowest BCUT2D eigenvalue weighted by atomic mass is 9.97. The van der Waals surface area contributed by atoms with Crippen molar-refractivity contribution in [3.05, 3.63) is 41.3 Å². The summed E-state index contributed by atoms with van der Waals surface area (Å²) < 4.78 is 65.4. The Kier molecular flexibility index (Phi) is 9.91. The van der Waals surface area contributed by atoms with E-state index in [-0.39, 0.29) is 19.5 Å². The van der Waals surface area contributed by atoms with E-state index < -0.39 is 49.2 Å². The molecule has 11 nitrogen and oxygen atoms in total. The quantitative estimate of drug-likeness (QED) is 0.404. The number of ether oxygens (including phenoxy) is 2. The number of carbonyl (C=O) groups is 1. The van der Waals surface area contributed by atoms with E-state index in [1.165, 1.54) is 25.4 Å². The minimum atomic E-state index is -4.00. The smallest absolute Gasteiger partial charge is 0.281 e. The molecular weight excluding hydrogens is 579 g/mol. The number of nitrogens with one attached hydrogen (secondary N) is 1. The molecular formula is C26H37N3O8S3. The Morgan fingerprint density at radius 2 is 1.93 bits per heavy atom. The lowest BCUT2D eigenvalue weighted by molar-refractivity contribution is -0.200. The molecule has 2 aliphatic rings. The maximum Gasteiger partial charge on any atom is 0.281 e. The van der Waals surface area contributed by atoms with Crippen molar-refractivity contribution in [3.63, 3.8) is 0 Å². The van der Waals surface area contributed by atoms with E-state index in [2.05, 4.69) is 5.48 Å². The van der Waals surface area contributed by atoms with Gasteiger partial charge in [-0.1, -0.05) is 0 Å². The van der Waals surface area contributed by atoms with Gasteiger partial charge in [0, 0.05) is 50.0 Å². The van der Waals surface area contributed by atoms with Crippen LogP contribution in [-0.4, -0.2) is 83.8 Å². The molecule has 40 heavy (non-hydrogen) atoms. The van der Waals surface area contributed by atoms with Crippen LogP contribution in [0.25, 0.3) is 10.4 Å². The number of amides is 1. The monoisotopic (exact) mass is 615 g/mol. The van der Waals surface area contributed by atoms with Crippen LogP contribution in [0.5, 0.6) is 5.75 Å². The van der Waals surface area contributed by atoms with Crippen LogP contribution in [-0.2, 0) is 39.2 Å². The zero-order chi connectivity index (χ0) is 29.0. The number of thiophene rings is 1. The molecule has 1 aromatic carbocycles. The van der Waals surface area contributed by atoms with Gasteiger partial charge in [0.25, 0.3) is 10.2 Å². The predicted molar refractivity (Wildman–Crippen MR) is 153 cm³/mol. The van der Waals surface area contributed by atoms with Crippen LogP contribution in [0.3, 0.4) is 0 Å². The molecule has 4 rings (SSSR count). The van der Waals surface area contributed by atoms with Gasteiger partial charge in [0.2, 0.25) is 5.91 Å². The van der Waals surface area contributed by atoms with Crippen molar-refractivity contribution in [1.29, 1.82) is 0 Å². The summed E-state index contributed by atoms with van der Waals surface area (Å²) in [6, 6.07) is 11.0. The van der Waals surface area contributed by atoms with E-state index in [1.54, 1.807) is 6.07 Å². The second-order valence-corrected chi connectivity index (χ2v) is 15.6. The van der Waals surface area contributed by atoms with Gasteiger partial charge in [0.15, 0.2) is 16.1 Å². The number of hydrogen-bond acceptors (Lipinski definition) is 9. The minimum Gasteiger partial charge on any atom is -0.494 e. The molecule has 1 N–H and O–H groups in total. The summed E-state index contributed by atoms with van der Waals surface area (Å²) in [5, 5.41) is 0. The van der Waals surface area contributed by atoms with Crippen molar-refractivity contribution in [2.24, 2.45) is 0 Å². The van der Waals surface area contributed by atoms with Crippen LogP contribution in [0.15, 0.2) is 36.4 Å². The number of nitrogens with zero attached hydrogens (tertiary/aromatic N) is 2. The van der Waals surface area contributed by atoms with E-state index in [9.17, 15) is 21.6 Å². The van der Waals surface area contributed by atoms with Crippen molar-refractivity contribution in [2.75, 3.05) is 46.2 Å². The SMILES string of the molecule is CCOc1ccc(-c2ccc(C3(CC(=O)NOC4CCCCO4)CCN(S(=O)(=O)N(C)C)CCS3(=O)=O)s2)cc1. The second kappa shape index (κ2) is 12.8. The zero-order valence-corrected chi connectivity index (χ0v) is 25.4. The zero-order valence-electron chi connectivity index (χ0n) is 23.0. The minimum absolute atomic E-state index is 0.0596. The van der Waals surface area contributed by atoms with Gasteiger partial charge in [-0.25, -0.2) is 18.7 Å². The summed E-state index contributed by atoms with van der Waals surface area (Å²) >= 11 is 1.28. The van der Waals surface area contributed by atoms with Crippen LogP contribution in [0.4, 0.5) is 0 Å². The maximum atomic E-state index is 14.0. The molecule has 2 saturated heterocycles. The fraction of sp³-hybridized carbons (Fsp3) is 0.577. The van der Waals surface area contributed by atoms with Crippen molar-refractivity contribution < 1.29 is 35.9 Å². The Morgan fingerprint density at radius 1 is 1.18 bits per heavy atom. The van der Waals surface area contributed by atoms with Gasteiger partial charge >= 0.3 is 0 Å². The number of hydroxylamine groups is 1. The first-order chi connectivity index (χ1) is 19.0. The summed E-state index contributed by atoms with van der Waals surface area (Å²) in [7, 11) is -5.04. The Labute approximate surface area is 240 Å². The molecule has 14 heteroatoms. The molecule has 0 saturated carbocycles.